The molecule has 4 atom stereocenters. The van der Waals surface area contributed by atoms with E-state index >= 15 is 0 Å². The van der Waals surface area contributed by atoms with Gasteiger partial charge in [-0.25, -0.2) is 9.78 Å². The highest BCUT2D eigenvalue weighted by Crippen LogP contribution is 2.14. The summed E-state index contributed by atoms with van der Waals surface area (Å²) in [5, 5.41) is 15.0. The van der Waals surface area contributed by atoms with Crippen LogP contribution in [0.5, 0.6) is 0 Å². The maximum atomic E-state index is 12.7. The van der Waals surface area contributed by atoms with Crippen LogP contribution in [0.2, 0.25) is 0 Å². The van der Waals surface area contributed by atoms with E-state index < -0.39 is 24.0 Å². The van der Waals surface area contributed by atoms with Crippen LogP contribution in [0, 0.1) is 11.8 Å². The number of aromatic amines is 1. The van der Waals surface area contributed by atoms with Crippen molar-refractivity contribution in [3.05, 3.63) is 18.2 Å². The molecule has 0 aliphatic rings. The van der Waals surface area contributed by atoms with Crippen LogP contribution < -0.4 is 10.6 Å². The molecule has 0 aromatic carbocycles. The number of hydrogen-bond acceptors (Lipinski definition) is 6. The Labute approximate surface area is 188 Å². The number of aliphatic carboxylic acids is 1. The van der Waals surface area contributed by atoms with E-state index in [-0.39, 0.29) is 36.8 Å². The lowest BCUT2D eigenvalue weighted by atomic mass is 9.99. The Morgan fingerprint density at radius 2 is 1.97 bits per heavy atom. The number of aromatic nitrogens is 2. The van der Waals surface area contributed by atoms with Crippen LogP contribution in [0.3, 0.4) is 0 Å². The fraction of sp³-hybridized carbons (Fsp3) is 0.714. The molecule has 1 rings (SSSR count). The zero-order valence-corrected chi connectivity index (χ0v) is 19.8. The second-order valence-electron chi connectivity index (χ2n) is 7.98. The largest absolute Gasteiger partial charge is 0.480 e. The van der Waals surface area contributed by atoms with Gasteiger partial charge in [0.15, 0.2) is 0 Å². The minimum Gasteiger partial charge on any atom is -0.480 e. The van der Waals surface area contributed by atoms with Gasteiger partial charge in [0.05, 0.1) is 31.1 Å². The van der Waals surface area contributed by atoms with E-state index in [0.29, 0.717) is 17.9 Å². The van der Waals surface area contributed by atoms with Gasteiger partial charge in [0.2, 0.25) is 11.8 Å². The normalized spacial score (nSPS) is 15.2. The fourth-order valence-corrected chi connectivity index (χ4v) is 3.44. The first-order valence-corrected chi connectivity index (χ1v) is 12.0. The van der Waals surface area contributed by atoms with Crippen molar-refractivity contribution >= 4 is 29.5 Å². The summed E-state index contributed by atoms with van der Waals surface area (Å²) in [6.45, 7) is 7.87. The summed E-state index contributed by atoms with van der Waals surface area (Å²) in [6.07, 6.45) is 5.58. The molecule has 0 fully saturated rings. The van der Waals surface area contributed by atoms with Crippen molar-refractivity contribution in [2.75, 3.05) is 18.6 Å². The van der Waals surface area contributed by atoms with Gasteiger partial charge in [0, 0.05) is 6.20 Å². The molecule has 1 heterocycles. The molecular weight excluding hydrogens is 420 g/mol. The van der Waals surface area contributed by atoms with Gasteiger partial charge < -0.3 is 25.5 Å². The van der Waals surface area contributed by atoms with Crippen molar-refractivity contribution in [1.29, 1.82) is 0 Å². The van der Waals surface area contributed by atoms with Gasteiger partial charge in [-0.3, -0.25) is 9.59 Å². The predicted molar refractivity (Wildman–Crippen MR) is 121 cm³/mol. The van der Waals surface area contributed by atoms with Gasteiger partial charge in [-0.1, -0.05) is 34.1 Å². The monoisotopic (exact) mass is 456 g/mol. The molecular formula is C21H36N4O5S. The van der Waals surface area contributed by atoms with Crippen LogP contribution >= 0.6 is 11.8 Å². The van der Waals surface area contributed by atoms with Crippen molar-refractivity contribution in [3.63, 3.8) is 0 Å². The number of carbonyl (C=O) groups is 3. The van der Waals surface area contributed by atoms with Crippen LogP contribution in [-0.2, 0) is 25.5 Å². The number of ether oxygens (including phenoxy) is 1. The number of carbonyl (C=O) groups excluding carboxylic acids is 2. The van der Waals surface area contributed by atoms with E-state index in [1.807, 2.05) is 34.0 Å². The minimum atomic E-state index is -1.06. The van der Waals surface area contributed by atoms with Crippen molar-refractivity contribution in [1.82, 2.24) is 20.6 Å². The number of carboxylic acids is 1. The SMILES string of the molecule is CC[C@H](C)[C@@H](COC(C(=O)N[C@@H](CCSC)C(=O)O)C(C)C)NC(=O)Cc1c[nH]cn1. The van der Waals surface area contributed by atoms with E-state index in [9.17, 15) is 19.5 Å². The Morgan fingerprint density at radius 1 is 1.26 bits per heavy atom. The number of H-pyrrole nitrogens is 1. The molecule has 10 heteroatoms. The van der Waals surface area contributed by atoms with Crippen molar-refractivity contribution in [2.45, 2.75) is 65.1 Å². The lowest BCUT2D eigenvalue weighted by Crippen LogP contribution is -2.50. The molecule has 176 valence electrons. The van der Waals surface area contributed by atoms with Crippen LogP contribution in [0.1, 0.15) is 46.2 Å². The van der Waals surface area contributed by atoms with Crippen molar-refractivity contribution in [3.8, 4) is 0 Å². The molecule has 31 heavy (non-hydrogen) atoms. The average molecular weight is 457 g/mol. The number of rotatable bonds is 15. The molecule has 4 N–H and O–H groups in total. The molecule has 0 saturated carbocycles. The molecule has 1 aromatic rings. The molecule has 0 aliphatic heterocycles. The number of imidazole rings is 1. The third kappa shape index (κ3) is 9.73. The Bertz CT molecular complexity index is 683. The van der Waals surface area contributed by atoms with Gasteiger partial charge >= 0.3 is 5.97 Å². The summed E-state index contributed by atoms with van der Waals surface area (Å²) in [7, 11) is 0. The van der Waals surface area contributed by atoms with Crippen molar-refractivity contribution < 1.29 is 24.2 Å². The van der Waals surface area contributed by atoms with Crippen LogP contribution in [-0.4, -0.2) is 69.7 Å². The van der Waals surface area contributed by atoms with Crippen LogP contribution in [0.4, 0.5) is 0 Å². The summed E-state index contributed by atoms with van der Waals surface area (Å²) >= 11 is 1.52. The highest BCUT2D eigenvalue weighted by atomic mass is 32.2. The molecule has 0 aliphatic carbocycles. The summed E-state index contributed by atoms with van der Waals surface area (Å²) in [4.78, 5) is 43.5. The first kappa shape index (κ1) is 27.0. The van der Waals surface area contributed by atoms with E-state index in [4.69, 9.17) is 4.74 Å². The van der Waals surface area contributed by atoms with Gasteiger partial charge in [-0.2, -0.15) is 11.8 Å². The first-order valence-electron chi connectivity index (χ1n) is 10.6. The Kier molecular flexibility index (Phi) is 12.2. The number of thioether (sulfide) groups is 1. The molecule has 9 nitrogen and oxygen atoms in total. The standard InChI is InChI=1S/C21H36N4O5S/c1-6-14(4)17(24-18(26)9-15-10-22-12-23-15)11-30-19(13(2)3)20(27)25-16(21(28)29)7-8-31-5/h10,12-14,16-17,19H,6-9,11H2,1-5H3,(H,22,23)(H,24,26)(H,25,27)(H,28,29)/t14-,16-,17+,19?/m0/s1. The van der Waals surface area contributed by atoms with Crippen LogP contribution in [0.15, 0.2) is 12.5 Å². The number of hydrogen-bond donors (Lipinski definition) is 4. The highest BCUT2D eigenvalue weighted by Gasteiger charge is 2.29. The summed E-state index contributed by atoms with van der Waals surface area (Å²) in [5.41, 5.74) is 0.644. The van der Waals surface area contributed by atoms with Crippen LogP contribution in [0.25, 0.3) is 0 Å². The molecule has 0 saturated heterocycles. The smallest absolute Gasteiger partial charge is 0.326 e. The minimum absolute atomic E-state index is 0.132. The summed E-state index contributed by atoms with van der Waals surface area (Å²) in [5.74, 6) is -1.08. The second kappa shape index (κ2) is 14.1. The molecule has 0 bridgehead atoms. The molecule has 1 unspecified atom stereocenters. The van der Waals surface area contributed by atoms with Gasteiger partial charge in [0.1, 0.15) is 12.1 Å². The van der Waals surface area contributed by atoms with Gasteiger partial charge in [0.25, 0.3) is 0 Å². The predicted octanol–water partition coefficient (Wildman–Crippen LogP) is 1.85. The fourth-order valence-electron chi connectivity index (χ4n) is 2.97. The molecule has 0 spiro atoms. The first-order chi connectivity index (χ1) is 14.7. The van der Waals surface area contributed by atoms with Gasteiger partial charge in [-0.05, 0) is 30.3 Å². The lowest BCUT2D eigenvalue weighted by Gasteiger charge is -2.28. The van der Waals surface area contributed by atoms with E-state index in [0.717, 1.165) is 6.42 Å². The third-order valence-corrected chi connectivity index (χ3v) is 5.76. The highest BCUT2D eigenvalue weighted by molar-refractivity contribution is 7.98. The van der Waals surface area contributed by atoms with E-state index in [1.165, 1.54) is 18.1 Å². The maximum absolute atomic E-state index is 12.7. The second-order valence-corrected chi connectivity index (χ2v) is 8.96. The lowest BCUT2D eigenvalue weighted by molar-refractivity contribution is -0.146. The van der Waals surface area contributed by atoms with E-state index in [1.54, 1.807) is 6.20 Å². The molecule has 0 radical (unpaired) electrons. The zero-order chi connectivity index (χ0) is 23.4. The topological polar surface area (TPSA) is 133 Å². The summed E-state index contributed by atoms with van der Waals surface area (Å²) < 4.78 is 5.92. The summed E-state index contributed by atoms with van der Waals surface area (Å²) in [6, 6.07) is -1.24. The average Bonchev–Trinajstić information content (AvgIpc) is 3.22. The third-order valence-electron chi connectivity index (χ3n) is 5.12. The number of nitrogens with zero attached hydrogens (tertiary/aromatic N) is 1. The number of amides is 2. The Hall–Kier alpha value is -2.07. The Balaban J connectivity index is 2.75. The molecule has 2 amide bonds. The van der Waals surface area contributed by atoms with E-state index in [2.05, 4.69) is 20.6 Å². The maximum Gasteiger partial charge on any atom is 0.326 e. The van der Waals surface area contributed by atoms with Crippen molar-refractivity contribution in [2.24, 2.45) is 11.8 Å². The number of carboxylic acid groups (broad SMARTS) is 1. The number of nitrogens with one attached hydrogen (secondary N) is 3. The quantitative estimate of drug-likeness (QED) is 0.316. The Morgan fingerprint density at radius 3 is 2.48 bits per heavy atom. The van der Waals surface area contributed by atoms with Gasteiger partial charge in [-0.15, -0.1) is 0 Å². The molecule has 1 aromatic heterocycles. The zero-order valence-electron chi connectivity index (χ0n) is 19.0.